The maximum Gasteiger partial charge on any atom is 0.226 e. The Morgan fingerprint density at radius 3 is 2.38 bits per heavy atom. The topological polar surface area (TPSA) is 29.5 Å². The summed E-state index contributed by atoms with van der Waals surface area (Å²) in [6.07, 6.45) is 6.04. The maximum absolute atomic E-state index is 12.8. The van der Waals surface area contributed by atoms with Crippen molar-refractivity contribution in [2.75, 3.05) is 7.11 Å². The number of benzene rings is 1. The van der Waals surface area contributed by atoms with Gasteiger partial charge in [0.1, 0.15) is 5.75 Å². The molecule has 3 heteroatoms. The molecule has 0 aromatic heterocycles. The molecule has 0 radical (unpaired) electrons. The van der Waals surface area contributed by atoms with Crippen LogP contribution in [0.1, 0.15) is 37.7 Å². The molecular weight excluding hydrogens is 262 g/mol. The van der Waals surface area contributed by atoms with E-state index in [0.29, 0.717) is 17.9 Å². The molecule has 112 valence electrons. The normalized spacial score (nSPS) is 29.9. The van der Waals surface area contributed by atoms with Crippen LogP contribution in [0, 0.1) is 17.8 Å². The van der Waals surface area contributed by atoms with Gasteiger partial charge in [-0.2, -0.15) is 0 Å². The van der Waals surface area contributed by atoms with Crippen molar-refractivity contribution in [3.05, 3.63) is 29.8 Å². The van der Waals surface area contributed by atoms with Crippen LogP contribution in [0.25, 0.3) is 0 Å². The fourth-order valence-electron chi connectivity index (χ4n) is 3.85. The molecule has 1 aromatic carbocycles. The minimum atomic E-state index is 0.313. The van der Waals surface area contributed by atoms with Crippen molar-refractivity contribution >= 4 is 5.91 Å². The molecule has 3 nitrogen and oxygen atoms in total. The van der Waals surface area contributed by atoms with Crippen LogP contribution in [0.15, 0.2) is 24.3 Å². The van der Waals surface area contributed by atoms with Crippen molar-refractivity contribution in [3.8, 4) is 5.75 Å². The van der Waals surface area contributed by atoms with Crippen molar-refractivity contribution in [3.63, 3.8) is 0 Å². The van der Waals surface area contributed by atoms with E-state index in [-0.39, 0.29) is 0 Å². The molecule has 3 fully saturated rings. The Bertz CT molecular complexity index is 525. The van der Waals surface area contributed by atoms with E-state index >= 15 is 0 Å². The Morgan fingerprint density at radius 2 is 1.81 bits per heavy atom. The minimum Gasteiger partial charge on any atom is -0.497 e. The zero-order valence-corrected chi connectivity index (χ0v) is 12.6. The molecule has 0 spiro atoms. The van der Waals surface area contributed by atoms with Gasteiger partial charge in [-0.1, -0.05) is 12.1 Å². The second kappa shape index (κ2) is 5.04. The molecule has 1 aromatic rings. The highest BCUT2D eigenvalue weighted by Gasteiger charge is 2.49. The molecule has 0 N–H and O–H groups in total. The van der Waals surface area contributed by atoms with Crippen LogP contribution in [-0.2, 0) is 11.3 Å². The summed E-state index contributed by atoms with van der Waals surface area (Å²) in [6, 6.07) is 8.61. The molecule has 3 aliphatic carbocycles. The van der Waals surface area contributed by atoms with E-state index in [1.54, 1.807) is 7.11 Å². The Morgan fingerprint density at radius 1 is 1.14 bits per heavy atom. The Hall–Kier alpha value is -1.51. The number of ether oxygens (including phenoxy) is 1. The first-order valence-corrected chi connectivity index (χ1v) is 8.18. The lowest BCUT2D eigenvalue weighted by Crippen LogP contribution is -2.37. The van der Waals surface area contributed by atoms with Crippen molar-refractivity contribution in [2.45, 2.75) is 44.7 Å². The maximum atomic E-state index is 12.8. The number of hydrogen-bond acceptors (Lipinski definition) is 2. The zero-order valence-electron chi connectivity index (χ0n) is 12.6. The second-order valence-electron chi connectivity index (χ2n) is 6.97. The van der Waals surface area contributed by atoms with E-state index in [1.807, 2.05) is 12.1 Å². The minimum absolute atomic E-state index is 0.313. The van der Waals surface area contributed by atoms with Gasteiger partial charge in [0.15, 0.2) is 0 Å². The van der Waals surface area contributed by atoms with Gasteiger partial charge >= 0.3 is 0 Å². The van der Waals surface area contributed by atoms with E-state index in [0.717, 1.165) is 37.0 Å². The third-order valence-electron chi connectivity index (χ3n) is 5.38. The zero-order chi connectivity index (χ0) is 14.4. The second-order valence-corrected chi connectivity index (χ2v) is 6.97. The van der Waals surface area contributed by atoms with E-state index in [4.69, 9.17) is 4.74 Å². The first kappa shape index (κ1) is 13.2. The first-order chi connectivity index (χ1) is 10.2. The van der Waals surface area contributed by atoms with Crippen LogP contribution in [0.2, 0.25) is 0 Å². The van der Waals surface area contributed by atoms with Crippen LogP contribution in [0.5, 0.6) is 5.75 Å². The van der Waals surface area contributed by atoms with Gasteiger partial charge in [-0.05, 0) is 61.6 Å². The number of nitrogens with zero attached hydrogens (tertiary/aromatic N) is 1. The molecule has 0 saturated heterocycles. The summed E-state index contributed by atoms with van der Waals surface area (Å²) in [4.78, 5) is 15.0. The van der Waals surface area contributed by atoms with Gasteiger partial charge in [-0.3, -0.25) is 4.79 Å². The third kappa shape index (κ3) is 2.66. The summed E-state index contributed by atoms with van der Waals surface area (Å²) < 4.78 is 5.20. The van der Waals surface area contributed by atoms with E-state index in [9.17, 15) is 4.79 Å². The van der Waals surface area contributed by atoms with Gasteiger partial charge in [0, 0.05) is 18.5 Å². The van der Waals surface area contributed by atoms with Crippen LogP contribution >= 0.6 is 0 Å². The summed E-state index contributed by atoms with van der Waals surface area (Å²) in [6.45, 7) is 0.763. The lowest BCUT2D eigenvalue weighted by atomic mass is 10.0. The quantitative estimate of drug-likeness (QED) is 0.831. The molecule has 21 heavy (non-hydrogen) atoms. The molecule has 0 heterocycles. The van der Waals surface area contributed by atoms with Gasteiger partial charge in [-0.25, -0.2) is 0 Å². The van der Waals surface area contributed by atoms with Crippen molar-refractivity contribution in [1.29, 1.82) is 0 Å². The summed E-state index contributed by atoms with van der Waals surface area (Å²) in [5.74, 6) is 3.36. The lowest BCUT2D eigenvalue weighted by Gasteiger charge is -2.26. The molecule has 1 amide bonds. The summed E-state index contributed by atoms with van der Waals surface area (Å²) >= 11 is 0. The van der Waals surface area contributed by atoms with Gasteiger partial charge in [0.2, 0.25) is 5.91 Å². The molecule has 3 aliphatic rings. The lowest BCUT2D eigenvalue weighted by molar-refractivity contribution is -0.137. The van der Waals surface area contributed by atoms with Crippen molar-refractivity contribution < 1.29 is 9.53 Å². The number of carbonyl (C=O) groups excluding carboxylic acids is 1. The Kier molecular flexibility index (Phi) is 3.16. The van der Waals surface area contributed by atoms with Gasteiger partial charge in [0.05, 0.1) is 7.11 Å². The standard InChI is InChI=1S/C18H23NO2/c1-21-17-6-2-12(3-7-17)11-19(16-4-5-16)18(20)15-9-13-8-14(13)10-15/h2-3,6-7,13-16H,4-5,8-11H2,1H3. The fourth-order valence-corrected chi connectivity index (χ4v) is 3.85. The number of fused-ring (bicyclic) bond motifs is 1. The van der Waals surface area contributed by atoms with E-state index in [1.165, 1.54) is 24.8 Å². The van der Waals surface area contributed by atoms with E-state index < -0.39 is 0 Å². The first-order valence-electron chi connectivity index (χ1n) is 8.18. The van der Waals surface area contributed by atoms with Gasteiger partial charge in [0.25, 0.3) is 0 Å². The molecule has 0 aliphatic heterocycles. The van der Waals surface area contributed by atoms with Crippen LogP contribution in [0.4, 0.5) is 0 Å². The van der Waals surface area contributed by atoms with Crippen LogP contribution in [-0.4, -0.2) is 24.0 Å². The number of hydrogen-bond donors (Lipinski definition) is 0. The predicted octanol–water partition coefficient (Wildman–Crippen LogP) is 3.23. The Balaban J connectivity index is 1.44. The number of amides is 1. The largest absolute Gasteiger partial charge is 0.497 e. The van der Waals surface area contributed by atoms with Crippen LogP contribution < -0.4 is 4.74 Å². The number of methoxy groups -OCH3 is 1. The SMILES string of the molecule is COc1ccc(CN(C(=O)C2CC3CC3C2)C2CC2)cc1. The Labute approximate surface area is 126 Å². The molecule has 0 bridgehead atoms. The predicted molar refractivity (Wildman–Crippen MR) is 80.9 cm³/mol. The smallest absolute Gasteiger partial charge is 0.226 e. The van der Waals surface area contributed by atoms with Crippen molar-refractivity contribution in [1.82, 2.24) is 4.90 Å². The van der Waals surface area contributed by atoms with Gasteiger partial charge in [-0.15, -0.1) is 0 Å². The fraction of sp³-hybridized carbons (Fsp3) is 0.611. The summed E-state index contributed by atoms with van der Waals surface area (Å²) in [5.41, 5.74) is 1.21. The van der Waals surface area contributed by atoms with Crippen molar-refractivity contribution in [2.24, 2.45) is 17.8 Å². The molecule has 4 rings (SSSR count). The number of rotatable bonds is 5. The highest BCUT2D eigenvalue weighted by molar-refractivity contribution is 5.80. The molecular formula is C18H23NO2. The highest BCUT2D eigenvalue weighted by atomic mass is 16.5. The van der Waals surface area contributed by atoms with Gasteiger partial charge < -0.3 is 9.64 Å². The monoisotopic (exact) mass is 285 g/mol. The van der Waals surface area contributed by atoms with Crippen LogP contribution in [0.3, 0.4) is 0 Å². The molecule has 2 unspecified atom stereocenters. The summed E-state index contributed by atoms with van der Waals surface area (Å²) in [7, 11) is 1.68. The molecule has 3 saturated carbocycles. The van der Waals surface area contributed by atoms with E-state index in [2.05, 4.69) is 17.0 Å². The third-order valence-corrected chi connectivity index (χ3v) is 5.38. The average molecular weight is 285 g/mol. The summed E-state index contributed by atoms with van der Waals surface area (Å²) in [5, 5.41) is 0. The molecule has 2 atom stereocenters. The number of carbonyl (C=O) groups is 1. The highest BCUT2D eigenvalue weighted by Crippen LogP contribution is 2.55. The average Bonchev–Trinajstić information content (AvgIpc) is 3.44.